The van der Waals surface area contributed by atoms with Crippen LogP contribution in [0.4, 0.5) is 0 Å². The molecule has 1 aromatic carbocycles. The van der Waals surface area contributed by atoms with Gasteiger partial charge in [-0.05, 0) is 64.2 Å². The number of ether oxygens (including phenoxy) is 3. The molecule has 9 heteroatoms. The molecule has 0 aliphatic rings. The van der Waals surface area contributed by atoms with E-state index in [-0.39, 0.29) is 29.8 Å². The summed E-state index contributed by atoms with van der Waals surface area (Å²) in [4.78, 5) is 49.4. The van der Waals surface area contributed by atoms with Gasteiger partial charge >= 0.3 is 23.9 Å². The quantitative estimate of drug-likeness (QED) is 0.259. The Hall–Kier alpha value is -2.94. The molecule has 0 spiro atoms. The molecule has 0 amide bonds. The Kier molecular flexibility index (Phi) is 12.2. The second-order valence-electron chi connectivity index (χ2n) is 10.3. The number of hydrogen-bond donors (Lipinski definition) is 2. The first-order valence-electron chi connectivity index (χ1n) is 12.9. The Bertz CT molecular complexity index is 958. The van der Waals surface area contributed by atoms with Gasteiger partial charge in [-0.1, -0.05) is 40.7 Å². The summed E-state index contributed by atoms with van der Waals surface area (Å²) in [7, 11) is 0. The number of carboxylic acids is 1. The monoisotopic (exact) mass is 521 g/mol. The lowest BCUT2D eigenvalue weighted by Gasteiger charge is -2.28. The maximum Gasteiger partial charge on any atom is 0.321 e. The molecule has 208 valence electrons. The van der Waals surface area contributed by atoms with E-state index in [0.717, 1.165) is 0 Å². The number of carboxylic acid groups (broad SMARTS) is 1. The van der Waals surface area contributed by atoms with Crippen LogP contribution in [0.2, 0.25) is 0 Å². The molecule has 0 heterocycles. The van der Waals surface area contributed by atoms with Gasteiger partial charge in [0.1, 0.15) is 6.04 Å². The molecule has 37 heavy (non-hydrogen) atoms. The zero-order chi connectivity index (χ0) is 28.5. The molecule has 3 N–H and O–H groups in total. The van der Waals surface area contributed by atoms with Gasteiger partial charge in [-0.3, -0.25) is 19.2 Å². The minimum Gasteiger partial charge on any atom is -0.480 e. The summed E-state index contributed by atoms with van der Waals surface area (Å²) in [5.74, 6) is -4.11. The van der Waals surface area contributed by atoms with Crippen LogP contribution in [0.3, 0.4) is 0 Å². The van der Waals surface area contributed by atoms with Gasteiger partial charge in [-0.15, -0.1) is 0 Å². The van der Waals surface area contributed by atoms with Crippen molar-refractivity contribution in [2.45, 2.75) is 99.1 Å². The molecule has 1 rings (SSSR count). The van der Waals surface area contributed by atoms with Crippen molar-refractivity contribution in [2.24, 2.45) is 23.0 Å². The highest BCUT2D eigenvalue weighted by molar-refractivity contribution is 5.79. The summed E-state index contributed by atoms with van der Waals surface area (Å²) in [5.41, 5.74) is 5.81. The van der Waals surface area contributed by atoms with Gasteiger partial charge in [0.25, 0.3) is 0 Å². The maximum absolute atomic E-state index is 12.6. The summed E-state index contributed by atoms with van der Waals surface area (Å²) in [6.07, 6.45) is 1.18. The molecule has 0 fully saturated rings. The van der Waals surface area contributed by atoms with E-state index in [0.29, 0.717) is 24.8 Å². The molecule has 0 saturated carbocycles. The molecule has 0 bridgehead atoms. The fourth-order valence-corrected chi connectivity index (χ4v) is 3.23. The third-order valence-corrected chi connectivity index (χ3v) is 6.90. The summed E-state index contributed by atoms with van der Waals surface area (Å²) in [5, 5.41) is 9.67. The molecule has 0 aliphatic heterocycles. The van der Waals surface area contributed by atoms with Gasteiger partial charge in [0, 0.05) is 5.92 Å². The van der Waals surface area contributed by atoms with E-state index in [1.165, 1.54) is 12.1 Å². The molecule has 1 aromatic rings. The molecule has 5 atom stereocenters. The van der Waals surface area contributed by atoms with Crippen LogP contribution in [-0.4, -0.2) is 41.1 Å². The third-order valence-electron chi connectivity index (χ3n) is 6.90. The van der Waals surface area contributed by atoms with Gasteiger partial charge in [-0.25, -0.2) is 0 Å². The fourth-order valence-electron chi connectivity index (χ4n) is 3.23. The first-order chi connectivity index (χ1) is 17.2. The van der Waals surface area contributed by atoms with Crippen LogP contribution in [0.25, 0.3) is 0 Å². The summed E-state index contributed by atoms with van der Waals surface area (Å²) >= 11 is 0. The molecule has 0 saturated heterocycles. The van der Waals surface area contributed by atoms with Crippen molar-refractivity contribution in [2.75, 3.05) is 0 Å². The van der Waals surface area contributed by atoms with E-state index in [1.807, 2.05) is 20.8 Å². The first-order valence-corrected chi connectivity index (χ1v) is 12.9. The molecule has 0 radical (unpaired) electrons. The largest absolute Gasteiger partial charge is 0.480 e. The van der Waals surface area contributed by atoms with Crippen molar-refractivity contribution >= 4 is 23.9 Å². The number of benzene rings is 1. The van der Waals surface area contributed by atoms with Crippen molar-refractivity contribution in [3.8, 4) is 11.5 Å². The number of esters is 3. The predicted octanol–water partition coefficient (Wildman–Crippen LogP) is 4.84. The molecule has 9 nitrogen and oxygen atoms in total. The summed E-state index contributed by atoms with van der Waals surface area (Å²) in [6, 6.07) is 3.19. The lowest BCUT2D eigenvalue weighted by Crippen LogP contribution is -2.39. The number of rotatable bonds is 14. The van der Waals surface area contributed by atoms with E-state index in [2.05, 4.69) is 0 Å². The molecular formula is C28H43NO8. The zero-order valence-electron chi connectivity index (χ0n) is 23.3. The Morgan fingerprint density at radius 2 is 1.43 bits per heavy atom. The highest BCUT2D eigenvalue weighted by Crippen LogP contribution is 2.36. The van der Waals surface area contributed by atoms with E-state index in [1.54, 1.807) is 40.7 Å². The third kappa shape index (κ3) is 9.14. The molecule has 4 unspecified atom stereocenters. The van der Waals surface area contributed by atoms with Crippen molar-refractivity contribution < 1.29 is 38.5 Å². The van der Waals surface area contributed by atoms with E-state index >= 15 is 0 Å². The minimum absolute atomic E-state index is 0.00111. The van der Waals surface area contributed by atoms with Crippen LogP contribution in [-0.2, 0) is 23.9 Å². The van der Waals surface area contributed by atoms with E-state index < -0.39 is 47.3 Å². The number of nitrogens with two attached hydrogens (primary N) is 1. The summed E-state index contributed by atoms with van der Waals surface area (Å²) in [6.45, 7) is 14.3. The smallest absolute Gasteiger partial charge is 0.321 e. The van der Waals surface area contributed by atoms with E-state index in [9.17, 15) is 24.3 Å². The molecule has 0 aliphatic carbocycles. The zero-order valence-corrected chi connectivity index (χ0v) is 23.3. The second-order valence-corrected chi connectivity index (χ2v) is 10.3. The van der Waals surface area contributed by atoms with Gasteiger partial charge in [0.2, 0.25) is 0 Å². The van der Waals surface area contributed by atoms with E-state index in [4.69, 9.17) is 19.9 Å². The van der Waals surface area contributed by atoms with Crippen molar-refractivity contribution in [1.29, 1.82) is 0 Å². The van der Waals surface area contributed by atoms with Crippen molar-refractivity contribution in [3.63, 3.8) is 0 Å². The predicted molar refractivity (Wildman–Crippen MR) is 139 cm³/mol. The number of carbonyl (C=O) groups excluding carboxylic acids is 3. The van der Waals surface area contributed by atoms with Crippen molar-refractivity contribution in [3.05, 3.63) is 23.8 Å². The number of hydrogen-bond acceptors (Lipinski definition) is 8. The van der Waals surface area contributed by atoms with Crippen LogP contribution in [0, 0.1) is 17.3 Å². The molecule has 0 aromatic heterocycles. The lowest BCUT2D eigenvalue weighted by molar-refractivity contribution is -0.159. The van der Waals surface area contributed by atoms with Crippen LogP contribution >= 0.6 is 0 Å². The number of carbonyl (C=O) groups is 4. The van der Waals surface area contributed by atoms with Gasteiger partial charge in [0.05, 0.1) is 23.4 Å². The highest BCUT2D eigenvalue weighted by Gasteiger charge is 2.33. The Morgan fingerprint density at radius 1 is 0.919 bits per heavy atom. The van der Waals surface area contributed by atoms with Gasteiger partial charge in [0.15, 0.2) is 11.5 Å². The van der Waals surface area contributed by atoms with Crippen LogP contribution < -0.4 is 15.2 Å². The first kappa shape index (κ1) is 32.1. The molecular weight excluding hydrogens is 478 g/mol. The average molecular weight is 522 g/mol. The fraction of sp³-hybridized carbons (Fsp3) is 0.643. The van der Waals surface area contributed by atoms with Gasteiger partial charge in [-0.2, -0.15) is 0 Å². The van der Waals surface area contributed by atoms with Crippen LogP contribution in [0.1, 0.15) is 92.6 Å². The Balaban J connectivity index is 3.42. The maximum atomic E-state index is 12.6. The Morgan fingerprint density at radius 3 is 1.89 bits per heavy atom. The summed E-state index contributed by atoms with van der Waals surface area (Å²) < 4.78 is 16.7. The average Bonchev–Trinajstić information content (AvgIpc) is 2.86. The lowest BCUT2D eigenvalue weighted by atomic mass is 9.86. The van der Waals surface area contributed by atoms with Crippen LogP contribution in [0.15, 0.2) is 18.2 Å². The number of aliphatic carboxylic acids is 1. The standard InChI is InChI=1S/C28H43NO8/c1-9-16(4)25(32)36-21-13-12-19(15-22(21)37-26(33)17(5)10-2)20(23(29)24(30)31)14-18(6)35-27(34)28(7,8)11-3/h12-13,15-18,20,23H,9-11,14,29H2,1-8H3,(H,30,31)/t16?,17?,18?,20?,23-/m0/s1. The normalized spacial score (nSPS) is 15.6. The second kappa shape index (κ2) is 14.1. The minimum atomic E-state index is -1.33. The topological polar surface area (TPSA) is 142 Å². The SMILES string of the molecule is CCC(C)C(=O)Oc1ccc(C(CC(C)OC(=O)C(C)(C)CC)[C@H](N)C(=O)O)cc1OC(=O)C(C)CC. The van der Waals surface area contributed by atoms with Crippen LogP contribution in [0.5, 0.6) is 11.5 Å². The van der Waals surface area contributed by atoms with Crippen molar-refractivity contribution in [1.82, 2.24) is 0 Å². The van der Waals surface area contributed by atoms with Gasteiger partial charge < -0.3 is 25.1 Å². The highest BCUT2D eigenvalue weighted by atomic mass is 16.6. The Labute approximate surface area is 220 Å².